The number of aliphatic carboxylic acids is 2. The average molecular weight is 288 g/mol. The van der Waals surface area contributed by atoms with Crippen LogP contribution < -0.4 is 10.6 Å². The Kier molecular flexibility index (Phi) is 7.27. The monoisotopic (exact) mass is 288 g/mol. The second-order valence-electron chi connectivity index (χ2n) is 4.75. The first-order valence-corrected chi connectivity index (χ1v) is 6.17. The first-order chi connectivity index (χ1) is 9.15. The zero-order chi connectivity index (χ0) is 15.9. The van der Waals surface area contributed by atoms with Gasteiger partial charge in [-0.05, 0) is 12.3 Å². The molecular weight excluding hydrogens is 268 g/mol. The van der Waals surface area contributed by atoms with Crippen molar-refractivity contribution in [3.63, 3.8) is 0 Å². The predicted octanol–water partition coefficient (Wildman–Crippen LogP) is -0.419. The fraction of sp³-hybridized carbons (Fsp3) is 0.667. The number of carboxylic acid groups (broad SMARTS) is 2. The lowest BCUT2D eigenvalue weighted by atomic mass is 10.0. The molecule has 0 saturated carbocycles. The van der Waals surface area contributed by atoms with Gasteiger partial charge in [0.25, 0.3) is 0 Å². The number of nitrogens with one attached hydrogen (secondary N) is 2. The van der Waals surface area contributed by atoms with E-state index in [-0.39, 0.29) is 18.8 Å². The van der Waals surface area contributed by atoms with Crippen LogP contribution in [0.25, 0.3) is 0 Å². The van der Waals surface area contributed by atoms with Crippen molar-refractivity contribution >= 4 is 23.8 Å². The maximum Gasteiger partial charge on any atom is 0.326 e. The maximum absolute atomic E-state index is 11.9. The first-order valence-electron chi connectivity index (χ1n) is 6.17. The van der Waals surface area contributed by atoms with Crippen molar-refractivity contribution in [2.45, 2.75) is 45.7 Å². The molecule has 0 rings (SSSR count). The highest BCUT2D eigenvalue weighted by Crippen LogP contribution is 2.04. The number of carboxylic acids is 2. The Labute approximate surface area is 116 Å². The summed E-state index contributed by atoms with van der Waals surface area (Å²) in [7, 11) is 0. The molecule has 0 bridgehead atoms. The first kappa shape index (κ1) is 17.9. The van der Waals surface area contributed by atoms with Crippen LogP contribution in [-0.4, -0.2) is 46.0 Å². The summed E-state index contributed by atoms with van der Waals surface area (Å²) < 4.78 is 0. The SMILES string of the molecule is CC(=O)NC(C(=O)NC(CCC(=O)O)C(=O)O)C(C)C. The number of hydrogen-bond acceptors (Lipinski definition) is 4. The Balaban J connectivity index is 4.74. The highest BCUT2D eigenvalue weighted by atomic mass is 16.4. The summed E-state index contributed by atoms with van der Waals surface area (Å²) in [4.78, 5) is 44.4. The lowest BCUT2D eigenvalue weighted by Crippen LogP contribution is -2.53. The molecule has 0 aromatic carbocycles. The molecule has 0 radical (unpaired) electrons. The van der Waals surface area contributed by atoms with Crippen LogP contribution in [0, 0.1) is 5.92 Å². The zero-order valence-electron chi connectivity index (χ0n) is 11.7. The molecule has 114 valence electrons. The summed E-state index contributed by atoms with van der Waals surface area (Å²) in [5, 5.41) is 22.1. The highest BCUT2D eigenvalue weighted by molar-refractivity contribution is 5.90. The maximum atomic E-state index is 11.9. The van der Waals surface area contributed by atoms with E-state index in [4.69, 9.17) is 10.2 Å². The van der Waals surface area contributed by atoms with Gasteiger partial charge in [-0.25, -0.2) is 4.79 Å². The van der Waals surface area contributed by atoms with Crippen LogP contribution in [0.3, 0.4) is 0 Å². The van der Waals surface area contributed by atoms with Crippen LogP contribution in [0.5, 0.6) is 0 Å². The molecular formula is C12H20N2O6. The predicted molar refractivity (Wildman–Crippen MR) is 68.9 cm³/mol. The van der Waals surface area contributed by atoms with E-state index in [1.54, 1.807) is 13.8 Å². The molecule has 4 N–H and O–H groups in total. The molecule has 2 amide bonds. The Morgan fingerprint density at radius 1 is 1.05 bits per heavy atom. The van der Waals surface area contributed by atoms with E-state index in [1.807, 2.05) is 0 Å². The van der Waals surface area contributed by atoms with Gasteiger partial charge in [-0.1, -0.05) is 13.8 Å². The van der Waals surface area contributed by atoms with Crippen molar-refractivity contribution in [1.82, 2.24) is 10.6 Å². The van der Waals surface area contributed by atoms with Crippen LogP contribution >= 0.6 is 0 Å². The van der Waals surface area contributed by atoms with Crippen molar-refractivity contribution in [3.05, 3.63) is 0 Å². The van der Waals surface area contributed by atoms with Gasteiger partial charge in [0.15, 0.2) is 0 Å². The van der Waals surface area contributed by atoms with Gasteiger partial charge in [0.2, 0.25) is 11.8 Å². The quantitative estimate of drug-likeness (QED) is 0.479. The fourth-order valence-corrected chi connectivity index (χ4v) is 1.54. The highest BCUT2D eigenvalue weighted by Gasteiger charge is 2.28. The van der Waals surface area contributed by atoms with Crippen molar-refractivity contribution < 1.29 is 29.4 Å². The third kappa shape index (κ3) is 6.72. The molecule has 0 spiro atoms. The van der Waals surface area contributed by atoms with Gasteiger partial charge in [0.1, 0.15) is 12.1 Å². The Bertz CT molecular complexity index is 393. The summed E-state index contributed by atoms with van der Waals surface area (Å²) in [5.41, 5.74) is 0. The van der Waals surface area contributed by atoms with Crippen LogP contribution in [0.1, 0.15) is 33.6 Å². The Morgan fingerprint density at radius 2 is 1.60 bits per heavy atom. The summed E-state index contributed by atoms with van der Waals surface area (Å²) in [5.74, 6) is -3.74. The van der Waals surface area contributed by atoms with E-state index in [1.165, 1.54) is 6.92 Å². The summed E-state index contributed by atoms with van der Waals surface area (Å²) in [6.45, 7) is 4.65. The molecule has 0 heterocycles. The largest absolute Gasteiger partial charge is 0.481 e. The van der Waals surface area contributed by atoms with E-state index in [0.29, 0.717) is 0 Å². The van der Waals surface area contributed by atoms with Gasteiger partial charge in [0, 0.05) is 13.3 Å². The number of hydrogen-bond donors (Lipinski definition) is 4. The van der Waals surface area contributed by atoms with Crippen molar-refractivity contribution in [3.8, 4) is 0 Å². The van der Waals surface area contributed by atoms with E-state index in [9.17, 15) is 19.2 Å². The van der Waals surface area contributed by atoms with E-state index < -0.39 is 35.8 Å². The average Bonchev–Trinajstić information content (AvgIpc) is 2.29. The molecule has 0 aromatic rings. The second-order valence-corrected chi connectivity index (χ2v) is 4.75. The summed E-state index contributed by atoms with van der Waals surface area (Å²) in [6.07, 6.45) is -0.592. The fourth-order valence-electron chi connectivity index (χ4n) is 1.54. The van der Waals surface area contributed by atoms with Crippen molar-refractivity contribution in [2.75, 3.05) is 0 Å². The van der Waals surface area contributed by atoms with Gasteiger partial charge in [-0.2, -0.15) is 0 Å². The van der Waals surface area contributed by atoms with E-state index >= 15 is 0 Å². The Hall–Kier alpha value is -2.12. The molecule has 20 heavy (non-hydrogen) atoms. The lowest BCUT2D eigenvalue weighted by molar-refractivity contribution is -0.143. The van der Waals surface area contributed by atoms with Crippen LogP contribution in [0.4, 0.5) is 0 Å². The van der Waals surface area contributed by atoms with Gasteiger partial charge >= 0.3 is 11.9 Å². The van der Waals surface area contributed by atoms with E-state index in [0.717, 1.165) is 0 Å². The molecule has 8 nitrogen and oxygen atoms in total. The smallest absolute Gasteiger partial charge is 0.326 e. The minimum atomic E-state index is -1.31. The van der Waals surface area contributed by atoms with Crippen LogP contribution in [0.15, 0.2) is 0 Å². The lowest BCUT2D eigenvalue weighted by Gasteiger charge is -2.23. The number of amides is 2. The van der Waals surface area contributed by atoms with Gasteiger partial charge < -0.3 is 20.8 Å². The third-order valence-corrected chi connectivity index (χ3v) is 2.57. The molecule has 8 heteroatoms. The van der Waals surface area contributed by atoms with Crippen LogP contribution in [-0.2, 0) is 19.2 Å². The second kappa shape index (κ2) is 8.13. The number of rotatable bonds is 8. The van der Waals surface area contributed by atoms with Gasteiger partial charge in [0.05, 0.1) is 0 Å². The van der Waals surface area contributed by atoms with Crippen molar-refractivity contribution in [1.29, 1.82) is 0 Å². The summed E-state index contributed by atoms with van der Waals surface area (Å²) in [6, 6.07) is -2.16. The molecule has 0 aliphatic heterocycles. The molecule has 2 unspecified atom stereocenters. The molecule has 2 atom stereocenters. The number of carbonyl (C=O) groups excluding carboxylic acids is 2. The molecule has 0 aliphatic carbocycles. The van der Waals surface area contributed by atoms with Crippen LogP contribution in [0.2, 0.25) is 0 Å². The zero-order valence-corrected chi connectivity index (χ0v) is 11.7. The molecule has 0 aromatic heterocycles. The minimum Gasteiger partial charge on any atom is -0.481 e. The number of carbonyl (C=O) groups is 4. The van der Waals surface area contributed by atoms with E-state index in [2.05, 4.69) is 10.6 Å². The molecule has 0 aliphatic rings. The normalized spacial score (nSPS) is 13.4. The Morgan fingerprint density at radius 3 is 1.95 bits per heavy atom. The third-order valence-electron chi connectivity index (χ3n) is 2.57. The summed E-state index contributed by atoms with van der Waals surface area (Å²) >= 11 is 0. The topological polar surface area (TPSA) is 133 Å². The molecule has 0 saturated heterocycles. The standard InChI is InChI=1S/C12H20N2O6/c1-6(2)10(13-7(3)15)11(18)14-8(12(19)20)4-5-9(16)17/h6,8,10H,4-5H2,1-3H3,(H,13,15)(H,14,18)(H,16,17)(H,19,20). The van der Waals surface area contributed by atoms with Gasteiger partial charge in [-0.15, -0.1) is 0 Å². The van der Waals surface area contributed by atoms with Gasteiger partial charge in [-0.3, -0.25) is 14.4 Å². The minimum absolute atomic E-state index is 0.221. The molecule has 0 fully saturated rings. The van der Waals surface area contributed by atoms with Crippen molar-refractivity contribution in [2.24, 2.45) is 5.92 Å².